The van der Waals surface area contributed by atoms with Gasteiger partial charge in [0.1, 0.15) is 4.88 Å². The van der Waals surface area contributed by atoms with Crippen LogP contribution in [0, 0.1) is 0 Å². The number of benzene rings is 2. The van der Waals surface area contributed by atoms with Crippen LogP contribution in [-0.2, 0) is 4.79 Å². The lowest BCUT2D eigenvalue weighted by Crippen LogP contribution is -2.22. The molecular weight excluding hydrogens is 450 g/mol. The molecule has 2 aromatic carbocycles. The molecule has 0 radical (unpaired) electrons. The van der Waals surface area contributed by atoms with Crippen molar-refractivity contribution in [3.05, 3.63) is 62.8 Å². The molecule has 1 aliphatic rings. The van der Waals surface area contributed by atoms with Gasteiger partial charge in [0.25, 0.3) is 0 Å². The molecule has 1 aliphatic heterocycles. The fraction of sp³-hybridized carbons (Fsp3) is 0.250. The minimum Gasteiger partial charge on any atom is -0.493 e. The van der Waals surface area contributed by atoms with Crippen molar-refractivity contribution in [1.82, 2.24) is 0 Å². The van der Waals surface area contributed by atoms with Crippen molar-refractivity contribution in [1.29, 1.82) is 0 Å². The number of carboxylic acids is 1. The number of methoxy groups -OCH3 is 1. The van der Waals surface area contributed by atoms with E-state index < -0.39 is 5.97 Å². The van der Waals surface area contributed by atoms with E-state index in [1.54, 1.807) is 31.4 Å². The van der Waals surface area contributed by atoms with Crippen LogP contribution in [0.3, 0.4) is 0 Å². The molecule has 0 saturated heterocycles. The second-order valence-corrected chi connectivity index (χ2v) is 9.23. The van der Waals surface area contributed by atoms with Crippen LogP contribution in [-0.4, -0.2) is 30.2 Å². The molecule has 32 heavy (non-hydrogen) atoms. The maximum Gasteiger partial charge on any atom is 0.346 e. The lowest BCUT2D eigenvalue weighted by Gasteiger charge is -2.25. The highest BCUT2D eigenvalue weighted by Gasteiger charge is 2.34. The molecule has 166 valence electrons. The fourth-order valence-corrected chi connectivity index (χ4v) is 5.22. The summed E-state index contributed by atoms with van der Waals surface area (Å²) < 4.78 is 11.3. The van der Waals surface area contributed by atoms with Crippen molar-refractivity contribution >= 4 is 40.5 Å². The zero-order chi connectivity index (χ0) is 23.0. The zero-order valence-corrected chi connectivity index (χ0v) is 19.3. The van der Waals surface area contributed by atoms with Gasteiger partial charge in [-0.05, 0) is 49.2 Å². The first kappa shape index (κ1) is 22.2. The standard InChI is InChI=1S/C24H22ClNO5S/c1-12(2)31-17-9-6-14(10-18(17)30-3)16-11-19(27)26-21-20(13-4-7-15(25)8-5-13)23(24(28)29)32-22(16)21/h4-10,12,16H,11H2,1-3H3,(H,26,27)(H,28,29)/t16-/m0/s1. The first-order valence-electron chi connectivity index (χ1n) is 10.1. The Balaban J connectivity index is 1.85. The zero-order valence-electron chi connectivity index (χ0n) is 17.8. The van der Waals surface area contributed by atoms with E-state index >= 15 is 0 Å². The van der Waals surface area contributed by atoms with Crippen LogP contribution in [0.5, 0.6) is 11.5 Å². The van der Waals surface area contributed by atoms with Crippen molar-refractivity contribution in [2.24, 2.45) is 0 Å². The summed E-state index contributed by atoms with van der Waals surface area (Å²) in [4.78, 5) is 25.7. The Morgan fingerprint density at radius 2 is 1.91 bits per heavy atom. The van der Waals surface area contributed by atoms with Gasteiger partial charge >= 0.3 is 5.97 Å². The van der Waals surface area contributed by atoms with E-state index in [4.69, 9.17) is 21.1 Å². The van der Waals surface area contributed by atoms with Crippen molar-refractivity contribution < 1.29 is 24.2 Å². The molecule has 2 N–H and O–H groups in total. The van der Waals surface area contributed by atoms with Crippen molar-refractivity contribution in [2.45, 2.75) is 32.3 Å². The van der Waals surface area contributed by atoms with Gasteiger partial charge in [0.15, 0.2) is 11.5 Å². The van der Waals surface area contributed by atoms with Gasteiger partial charge in [0.2, 0.25) is 5.91 Å². The van der Waals surface area contributed by atoms with Crippen LogP contribution in [0.4, 0.5) is 5.69 Å². The molecule has 1 atom stereocenters. The Kier molecular flexibility index (Phi) is 6.13. The van der Waals surface area contributed by atoms with Gasteiger partial charge in [0, 0.05) is 27.8 Å². The number of carboxylic acid groups (broad SMARTS) is 1. The molecule has 0 spiro atoms. The Labute approximate surface area is 194 Å². The lowest BCUT2D eigenvalue weighted by molar-refractivity contribution is -0.116. The van der Waals surface area contributed by atoms with Gasteiger partial charge in [-0.1, -0.05) is 29.8 Å². The SMILES string of the molecule is COc1cc([C@@H]2CC(=O)Nc3c2sc(C(=O)O)c3-c2ccc(Cl)cc2)ccc1OC(C)C. The number of hydrogen-bond acceptors (Lipinski definition) is 5. The highest BCUT2D eigenvalue weighted by atomic mass is 35.5. The predicted octanol–water partition coefficient (Wildman–Crippen LogP) is 6.04. The van der Waals surface area contributed by atoms with E-state index in [1.165, 1.54) is 11.3 Å². The molecule has 3 aromatic rings. The molecule has 0 unspecified atom stereocenters. The summed E-state index contributed by atoms with van der Waals surface area (Å²) in [5.74, 6) is -0.331. The van der Waals surface area contributed by atoms with E-state index in [2.05, 4.69) is 5.32 Å². The highest BCUT2D eigenvalue weighted by molar-refractivity contribution is 7.15. The minimum absolute atomic E-state index is 0.0147. The summed E-state index contributed by atoms with van der Waals surface area (Å²) >= 11 is 7.20. The smallest absolute Gasteiger partial charge is 0.346 e. The third-order valence-corrected chi connectivity index (χ3v) is 6.73. The third kappa shape index (κ3) is 4.18. The summed E-state index contributed by atoms with van der Waals surface area (Å²) in [6, 6.07) is 12.5. The monoisotopic (exact) mass is 471 g/mol. The molecule has 1 amide bonds. The van der Waals surface area contributed by atoms with Crippen LogP contribution < -0.4 is 14.8 Å². The number of aromatic carboxylic acids is 1. The predicted molar refractivity (Wildman–Crippen MR) is 126 cm³/mol. The number of rotatable bonds is 6. The van der Waals surface area contributed by atoms with Crippen LogP contribution in [0.2, 0.25) is 5.02 Å². The number of carbonyl (C=O) groups excluding carboxylic acids is 1. The van der Waals surface area contributed by atoms with E-state index in [0.717, 1.165) is 10.4 Å². The van der Waals surface area contributed by atoms with Gasteiger partial charge < -0.3 is 19.9 Å². The number of hydrogen-bond donors (Lipinski definition) is 2. The number of carbonyl (C=O) groups is 2. The summed E-state index contributed by atoms with van der Waals surface area (Å²) in [6.45, 7) is 3.87. The van der Waals surface area contributed by atoms with Crippen LogP contribution in [0.1, 0.15) is 46.3 Å². The third-order valence-electron chi connectivity index (χ3n) is 5.19. The molecule has 1 aromatic heterocycles. The highest BCUT2D eigenvalue weighted by Crippen LogP contribution is 2.50. The molecule has 0 aliphatic carbocycles. The van der Waals surface area contributed by atoms with Gasteiger partial charge in [-0.25, -0.2) is 4.79 Å². The molecule has 8 heteroatoms. The maximum absolute atomic E-state index is 12.7. The number of ether oxygens (including phenoxy) is 2. The largest absolute Gasteiger partial charge is 0.493 e. The van der Waals surface area contributed by atoms with Crippen molar-refractivity contribution in [3.63, 3.8) is 0 Å². The normalized spacial score (nSPS) is 15.3. The van der Waals surface area contributed by atoms with E-state index in [9.17, 15) is 14.7 Å². The Morgan fingerprint density at radius 3 is 2.53 bits per heavy atom. The summed E-state index contributed by atoms with van der Waals surface area (Å²) in [5.41, 5.74) is 2.58. The first-order chi connectivity index (χ1) is 15.3. The van der Waals surface area contributed by atoms with E-state index in [0.29, 0.717) is 33.3 Å². The molecule has 6 nitrogen and oxygen atoms in total. The van der Waals surface area contributed by atoms with Crippen LogP contribution in [0.25, 0.3) is 11.1 Å². The quantitative estimate of drug-likeness (QED) is 0.458. The number of amides is 1. The molecule has 0 bridgehead atoms. The van der Waals surface area contributed by atoms with E-state index in [-0.39, 0.29) is 29.2 Å². The summed E-state index contributed by atoms with van der Waals surface area (Å²) in [5, 5.41) is 13.3. The summed E-state index contributed by atoms with van der Waals surface area (Å²) in [6.07, 6.45) is 0.194. The molecule has 0 saturated carbocycles. The number of halogens is 1. The van der Waals surface area contributed by atoms with Crippen LogP contribution in [0.15, 0.2) is 42.5 Å². The minimum atomic E-state index is -1.04. The van der Waals surface area contributed by atoms with Gasteiger partial charge in [-0.2, -0.15) is 0 Å². The van der Waals surface area contributed by atoms with E-state index in [1.807, 2.05) is 32.0 Å². The topological polar surface area (TPSA) is 84.9 Å². The maximum atomic E-state index is 12.7. The number of anilines is 1. The lowest BCUT2D eigenvalue weighted by atomic mass is 9.88. The molecule has 4 rings (SSSR count). The molecular formula is C24H22ClNO5S. The van der Waals surface area contributed by atoms with Crippen molar-refractivity contribution in [2.75, 3.05) is 12.4 Å². The first-order valence-corrected chi connectivity index (χ1v) is 11.3. The number of fused-ring (bicyclic) bond motifs is 1. The molecule has 0 fully saturated rings. The number of nitrogens with one attached hydrogen (secondary N) is 1. The Bertz CT molecular complexity index is 1190. The van der Waals surface area contributed by atoms with Crippen LogP contribution >= 0.6 is 22.9 Å². The number of thiophene rings is 1. The Morgan fingerprint density at radius 1 is 1.19 bits per heavy atom. The van der Waals surface area contributed by atoms with Gasteiger partial charge in [0.05, 0.1) is 18.9 Å². The van der Waals surface area contributed by atoms with Crippen molar-refractivity contribution in [3.8, 4) is 22.6 Å². The molecule has 2 heterocycles. The fourth-order valence-electron chi connectivity index (χ4n) is 3.85. The second kappa shape index (κ2) is 8.84. The second-order valence-electron chi connectivity index (χ2n) is 7.74. The van der Waals surface area contributed by atoms with Gasteiger partial charge in [-0.3, -0.25) is 4.79 Å². The summed E-state index contributed by atoms with van der Waals surface area (Å²) in [7, 11) is 1.57. The average molecular weight is 472 g/mol. The average Bonchev–Trinajstić information content (AvgIpc) is 3.13. The Hall–Kier alpha value is -3.03. The van der Waals surface area contributed by atoms with Gasteiger partial charge in [-0.15, -0.1) is 11.3 Å².